The van der Waals surface area contributed by atoms with Gasteiger partial charge in [-0.25, -0.2) is 0 Å². The van der Waals surface area contributed by atoms with Gasteiger partial charge in [0.05, 0.1) is 6.10 Å². The first-order valence-electron chi connectivity index (χ1n) is 9.93. The second kappa shape index (κ2) is 12.1. The monoisotopic (exact) mass is 344 g/mol. The maximum atomic E-state index is 10.8. The molecule has 0 saturated heterocycles. The molecule has 25 heavy (non-hydrogen) atoms. The number of hydrogen-bond donors (Lipinski definition) is 1. The molecule has 2 heteroatoms. The fourth-order valence-electron chi connectivity index (χ4n) is 3.78. The summed E-state index contributed by atoms with van der Waals surface area (Å²) in [7, 11) is 0. The maximum absolute atomic E-state index is 10.8. The van der Waals surface area contributed by atoms with Gasteiger partial charge in [-0.2, -0.15) is 0 Å². The molecule has 140 valence electrons. The molecule has 0 spiro atoms. The van der Waals surface area contributed by atoms with Crippen LogP contribution in [-0.2, 0) is 0 Å². The minimum atomic E-state index is -0.226. The van der Waals surface area contributed by atoms with Crippen LogP contribution in [0, 0.1) is 0 Å². The summed E-state index contributed by atoms with van der Waals surface area (Å²) in [6.07, 6.45) is 10.8. The van der Waals surface area contributed by atoms with Crippen LogP contribution in [0.15, 0.2) is 42.5 Å². The number of aliphatic hydroxyl groups is 1. The van der Waals surface area contributed by atoms with E-state index in [2.05, 4.69) is 56.3 Å². The van der Waals surface area contributed by atoms with Crippen LogP contribution in [0.2, 0.25) is 0 Å². The van der Waals surface area contributed by atoms with Crippen molar-refractivity contribution in [1.29, 1.82) is 0 Å². The first kappa shape index (κ1) is 21.7. The standard InChI is InChI=1S/C23H34O.H2O/c1-3-5-6-7-8-9-10-18-23(24)20(4-2)22-17-13-15-19-14-11-12-16-21(19)22;/h11-17,20,23-24H,3-10,18H2,1-2H3;1H2. The molecule has 0 aliphatic heterocycles. The molecule has 2 aromatic rings. The second-order valence-electron chi connectivity index (χ2n) is 7.06. The zero-order valence-corrected chi connectivity index (χ0v) is 16.0. The minimum Gasteiger partial charge on any atom is -0.412 e. The lowest BCUT2D eigenvalue weighted by molar-refractivity contribution is 0.128. The van der Waals surface area contributed by atoms with E-state index in [9.17, 15) is 5.11 Å². The molecule has 0 bridgehead atoms. The number of hydrogen-bond acceptors (Lipinski definition) is 1. The van der Waals surface area contributed by atoms with E-state index in [0.717, 1.165) is 19.3 Å². The predicted octanol–water partition coefficient (Wildman–Crippen LogP) is 6.01. The van der Waals surface area contributed by atoms with Crippen LogP contribution in [0.5, 0.6) is 0 Å². The molecule has 2 aromatic carbocycles. The van der Waals surface area contributed by atoms with Crippen molar-refractivity contribution in [3.8, 4) is 0 Å². The Morgan fingerprint density at radius 3 is 2.16 bits per heavy atom. The third kappa shape index (κ3) is 6.45. The zero-order chi connectivity index (χ0) is 17.2. The van der Waals surface area contributed by atoms with Gasteiger partial charge in [-0.3, -0.25) is 0 Å². The van der Waals surface area contributed by atoms with Crippen molar-refractivity contribution in [2.75, 3.05) is 0 Å². The second-order valence-corrected chi connectivity index (χ2v) is 7.06. The van der Waals surface area contributed by atoms with Crippen LogP contribution >= 0.6 is 0 Å². The van der Waals surface area contributed by atoms with Crippen LogP contribution < -0.4 is 0 Å². The third-order valence-electron chi connectivity index (χ3n) is 5.23. The first-order valence-corrected chi connectivity index (χ1v) is 9.93. The number of fused-ring (bicyclic) bond motifs is 1. The summed E-state index contributed by atoms with van der Waals surface area (Å²) in [5.74, 6) is 0.246. The Morgan fingerprint density at radius 2 is 1.44 bits per heavy atom. The average Bonchev–Trinajstić information content (AvgIpc) is 2.62. The Balaban J connectivity index is 0.00000312. The van der Waals surface area contributed by atoms with Gasteiger partial charge in [-0.1, -0.05) is 101 Å². The van der Waals surface area contributed by atoms with Gasteiger partial charge in [-0.05, 0) is 29.2 Å². The largest absolute Gasteiger partial charge is 0.412 e. The van der Waals surface area contributed by atoms with Gasteiger partial charge in [0.25, 0.3) is 0 Å². The van der Waals surface area contributed by atoms with Gasteiger partial charge in [0.2, 0.25) is 0 Å². The van der Waals surface area contributed by atoms with E-state index in [0.29, 0.717) is 0 Å². The Kier molecular flexibility index (Phi) is 10.4. The maximum Gasteiger partial charge on any atom is 0.0608 e. The lowest BCUT2D eigenvalue weighted by atomic mass is 9.85. The van der Waals surface area contributed by atoms with Gasteiger partial charge in [0, 0.05) is 5.92 Å². The molecular weight excluding hydrogens is 308 g/mol. The Hall–Kier alpha value is -1.38. The van der Waals surface area contributed by atoms with E-state index in [1.54, 1.807) is 0 Å². The zero-order valence-electron chi connectivity index (χ0n) is 16.0. The van der Waals surface area contributed by atoms with E-state index in [1.165, 1.54) is 54.9 Å². The summed E-state index contributed by atoms with van der Waals surface area (Å²) in [5.41, 5.74) is 1.31. The van der Waals surface area contributed by atoms with Crippen molar-refractivity contribution in [1.82, 2.24) is 0 Å². The van der Waals surface area contributed by atoms with Crippen molar-refractivity contribution in [3.05, 3.63) is 48.0 Å². The SMILES string of the molecule is CCCCCCCCCC(O)C(CC)c1cccc2ccccc12.O. The topological polar surface area (TPSA) is 51.7 Å². The van der Waals surface area contributed by atoms with Gasteiger partial charge in [0.15, 0.2) is 0 Å². The molecular formula is C23H36O2. The molecule has 0 heterocycles. The van der Waals surface area contributed by atoms with E-state index in [1.807, 2.05) is 0 Å². The van der Waals surface area contributed by atoms with Crippen molar-refractivity contribution in [2.24, 2.45) is 0 Å². The van der Waals surface area contributed by atoms with E-state index >= 15 is 0 Å². The van der Waals surface area contributed by atoms with E-state index in [4.69, 9.17) is 0 Å². The first-order chi connectivity index (χ1) is 11.8. The highest BCUT2D eigenvalue weighted by Gasteiger charge is 2.20. The van der Waals surface area contributed by atoms with Gasteiger partial charge in [-0.15, -0.1) is 0 Å². The summed E-state index contributed by atoms with van der Waals surface area (Å²) in [4.78, 5) is 0. The summed E-state index contributed by atoms with van der Waals surface area (Å²) >= 11 is 0. The highest BCUT2D eigenvalue weighted by atomic mass is 16.3. The fourth-order valence-corrected chi connectivity index (χ4v) is 3.78. The number of rotatable bonds is 11. The van der Waals surface area contributed by atoms with Gasteiger partial charge < -0.3 is 10.6 Å². The summed E-state index contributed by atoms with van der Waals surface area (Å²) in [6.45, 7) is 4.45. The molecule has 0 amide bonds. The predicted molar refractivity (Wildman–Crippen MR) is 109 cm³/mol. The van der Waals surface area contributed by atoms with E-state index in [-0.39, 0.29) is 17.5 Å². The van der Waals surface area contributed by atoms with Crippen molar-refractivity contribution < 1.29 is 10.6 Å². The molecule has 3 N–H and O–H groups in total. The van der Waals surface area contributed by atoms with Crippen LogP contribution in [0.3, 0.4) is 0 Å². The Labute approximate surface area is 153 Å². The van der Waals surface area contributed by atoms with Crippen molar-refractivity contribution >= 4 is 10.8 Å². The quantitative estimate of drug-likeness (QED) is 0.499. The van der Waals surface area contributed by atoms with Crippen molar-refractivity contribution in [2.45, 2.75) is 83.7 Å². The van der Waals surface area contributed by atoms with Crippen LogP contribution in [-0.4, -0.2) is 16.7 Å². The number of aliphatic hydroxyl groups excluding tert-OH is 1. The molecule has 0 aliphatic rings. The molecule has 2 unspecified atom stereocenters. The van der Waals surface area contributed by atoms with Gasteiger partial charge >= 0.3 is 0 Å². The summed E-state index contributed by atoms with van der Waals surface area (Å²) < 4.78 is 0. The van der Waals surface area contributed by atoms with Crippen LogP contribution in [0.4, 0.5) is 0 Å². The lowest BCUT2D eigenvalue weighted by Crippen LogP contribution is -2.18. The number of benzene rings is 2. The number of unbranched alkanes of at least 4 members (excludes halogenated alkanes) is 6. The summed E-state index contributed by atoms with van der Waals surface area (Å²) in [6, 6.07) is 15.0. The van der Waals surface area contributed by atoms with Gasteiger partial charge in [0.1, 0.15) is 0 Å². The van der Waals surface area contributed by atoms with Crippen molar-refractivity contribution in [3.63, 3.8) is 0 Å². The molecule has 0 fully saturated rings. The van der Waals surface area contributed by atoms with Crippen LogP contribution in [0.1, 0.15) is 83.1 Å². The molecule has 0 aromatic heterocycles. The Bertz CT molecular complexity index is 588. The Morgan fingerprint density at radius 1 is 0.800 bits per heavy atom. The molecule has 2 atom stereocenters. The van der Waals surface area contributed by atoms with Crippen LogP contribution in [0.25, 0.3) is 10.8 Å². The molecule has 2 nitrogen and oxygen atoms in total. The smallest absolute Gasteiger partial charge is 0.0608 e. The fraction of sp³-hybridized carbons (Fsp3) is 0.565. The highest BCUT2D eigenvalue weighted by Crippen LogP contribution is 2.32. The highest BCUT2D eigenvalue weighted by molar-refractivity contribution is 5.86. The molecule has 0 aliphatic carbocycles. The normalized spacial score (nSPS) is 13.4. The average molecular weight is 345 g/mol. The lowest BCUT2D eigenvalue weighted by Gasteiger charge is -2.23. The molecule has 0 saturated carbocycles. The molecule has 0 radical (unpaired) electrons. The minimum absolute atomic E-state index is 0. The van der Waals surface area contributed by atoms with E-state index < -0.39 is 0 Å². The summed E-state index contributed by atoms with van der Waals surface area (Å²) in [5, 5.41) is 13.3. The molecule has 2 rings (SSSR count). The third-order valence-corrected chi connectivity index (χ3v) is 5.23.